The standard InChI is InChI=1S/C14H20F2N2O/c1-18(8-10-3-2-6-19-9-10)12-5-4-11(7-17)13(15)14(12)16/h4-5,10H,2-3,6-9,17H2,1H3. The van der Waals surface area contributed by atoms with Gasteiger partial charge in [-0.05, 0) is 24.8 Å². The van der Waals surface area contributed by atoms with Crippen molar-refractivity contribution in [3.8, 4) is 0 Å². The molecule has 5 heteroatoms. The third-order valence-corrected chi connectivity index (χ3v) is 3.56. The molecule has 1 unspecified atom stereocenters. The highest BCUT2D eigenvalue weighted by atomic mass is 19.2. The molecule has 3 nitrogen and oxygen atoms in total. The van der Waals surface area contributed by atoms with E-state index in [1.807, 2.05) is 0 Å². The molecule has 0 aliphatic carbocycles. The van der Waals surface area contributed by atoms with Gasteiger partial charge in [0.15, 0.2) is 11.6 Å². The lowest BCUT2D eigenvalue weighted by atomic mass is 10.0. The predicted octanol–water partition coefficient (Wildman–Crippen LogP) is 2.29. The maximum atomic E-state index is 14.0. The zero-order chi connectivity index (χ0) is 13.8. The number of ether oxygens (including phenoxy) is 1. The smallest absolute Gasteiger partial charge is 0.182 e. The first-order valence-corrected chi connectivity index (χ1v) is 6.59. The maximum Gasteiger partial charge on any atom is 0.182 e. The molecule has 1 fully saturated rings. The van der Waals surface area contributed by atoms with Crippen LogP contribution in [0.25, 0.3) is 0 Å². The van der Waals surface area contributed by atoms with Gasteiger partial charge >= 0.3 is 0 Å². The van der Waals surface area contributed by atoms with Crippen LogP contribution in [0.5, 0.6) is 0 Å². The van der Waals surface area contributed by atoms with Crippen LogP contribution in [-0.4, -0.2) is 26.8 Å². The molecule has 1 aliphatic heterocycles. The first kappa shape index (κ1) is 14.2. The van der Waals surface area contributed by atoms with Crippen molar-refractivity contribution in [1.82, 2.24) is 0 Å². The van der Waals surface area contributed by atoms with Crippen LogP contribution in [0.15, 0.2) is 12.1 Å². The number of nitrogens with two attached hydrogens (primary N) is 1. The van der Waals surface area contributed by atoms with E-state index in [0.717, 1.165) is 19.4 Å². The van der Waals surface area contributed by atoms with Gasteiger partial charge in [0.2, 0.25) is 0 Å². The van der Waals surface area contributed by atoms with E-state index in [4.69, 9.17) is 10.5 Å². The number of anilines is 1. The van der Waals surface area contributed by atoms with Crippen molar-refractivity contribution in [3.05, 3.63) is 29.3 Å². The summed E-state index contributed by atoms with van der Waals surface area (Å²) < 4.78 is 33.0. The van der Waals surface area contributed by atoms with Crippen molar-refractivity contribution in [2.45, 2.75) is 19.4 Å². The highest BCUT2D eigenvalue weighted by molar-refractivity contribution is 5.49. The van der Waals surface area contributed by atoms with Crippen molar-refractivity contribution in [2.75, 3.05) is 31.7 Å². The lowest BCUT2D eigenvalue weighted by Gasteiger charge is -2.28. The van der Waals surface area contributed by atoms with Crippen LogP contribution in [0.4, 0.5) is 14.5 Å². The highest BCUT2D eigenvalue weighted by Gasteiger charge is 2.20. The van der Waals surface area contributed by atoms with Gasteiger partial charge in [-0.1, -0.05) is 6.07 Å². The third-order valence-electron chi connectivity index (χ3n) is 3.56. The minimum Gasteiger partial charge on any atom is -0.381 e. The summed E-state index contributed by atoms with van der Waals surface area (Å²) in [6.45, 7) is 2.16. The normalized spacial score (nSPS) is 19.5. The average Bonchev–Trinajstić information content (AvgIpc) is 2.42. The van der Waals surface area contributed by atoms with Gasteiger partial charge in [-0.15, -0.1) is 0 Å². The van der Waals surface area contributed by atoms with E-state index < -0.39 is 11.6 Å². The van der Waals surface area contributed by atoms with Crippen LogP contribution < -0.4 is 10.6 Å². The van der Waals surface area contributed by atoms with Gasteiger partial charge in [-0.2, -0.15) is 0 Å². The Hall–Kier alpha value is -1.20. The van der Waals surface area contributed by atoms with Gasteiger partial charge in [0.25, 0.3) is 0 Å². The topological polar surface area (TPSA) is 38.5 Å². The van der Waals surface area contributed by atoms with Crippen LogP contribution in [0, 0.1) is 17.6 Å². The summed E-state index contributed by atoms with van der Waals surface area (Å²) >= 11 is 0. The Morgan fingerprint density at radius 2 is 2.16 bits per heavy atom. The van der Waals surface area contributed by atoms with E-state index in [-0.39, 0.29) is 17.8 Å². The molecule has 0 saturated carbocycles. The molecule has 106 valence electrons. The Bertz CT molecular complexity index is 434. The summed E-state index contributed by atoms with van der Waals surface area (Å²) in [6.07, 6.45) is 2.09. The summed E-state index contributed by atoms with van der Waals surface area (Å²) in [5, 5.41) is 0. The number of hydrogen-bond acceptors (Lipinski definition) is 3. The van der Waals surface area contributed by atoms with Crippen LogP contribution in [0.2, 0.25) is 0 Å². The summed E-state index contributed by atoms with van der Waals surface area (Å²) in [7, 11) is 1.77. The van der Waals surface area contributed by atoms with Crippen molar-refractivity contribution in [2.24, 2.45) is 11.7 Å². The molecule has 0 bridgehead atoms. The van der Waals surface area contributed by atoms with Crippen LogP contribution in [0.3, 0.4) is 0 Å². The fourth-order valence-electron chi connectivity index (χ4n) is 2.47. The van der Waals surface area contributed by atoms with Crippen LogP contribution in [-0.2, 0) is 11.3 Å². The summed E-state index contributed by atoms with van der Waals surface area (Å²) in [4.78, 5) is 1.75. The second-order valence-electron chi connectivity index (χ2n) is 5.04. The molecule has 0 spiro atoms. The number of nitrogens with zero attached hydrogens (tertiary/aromatic N) is 1. The van der Waals surface area contributed by atoms with Crippen LogP contribution >= 0.6 is 0 Å². The maximum absolute atomic E-state index is 14.0. The largest absolute Gasteiger partial charge is 0.381 e. The molecule has 2 rings (SSSR count). The zero-order valence-corrected chi connectivity index (χ0v) is 11.2. The Balaban J connectivity index is 2.10. The molecular weight excluding hydrogens is 250 g/mol. The van der Waals surface area contributed by atoms with Crippen molar-refractivity contribution < 1.29 is 13.5 Å². The van der Waals surface area contributed by atoms with E-state index in [2.05, 4.69) is 0 Å². The van der Waals surface area contributed by atoms with E-state index in [1.54, 1.807) is 24.1 Å². The molecule has 1 aliphatic rings. The molecule has 1 aromatic carbocycles. The first-order chi connectivity index (χ1) is 9.13. The molecule has 1 heterocycles. The lowest BCUT2D eigenvalue weighted by molar-refractivity contribution is 0.0576. The van der Waals surface area contributed by atoms with E-state index >= 15 is 0 Å². The number of benzene rings is 1. The van der Waals surface area contributed by atoms with E-state index in [0.29, 0.717) is 19.1 Å². The quantitative estimate of drug-likeness (QED) is 0.912. The number of halogens is 2. The highest BCUT2D eigenvalue weighted by Crippen LogP contribution is 2.25. The van der Waals surface area contributed by atoms with Gasteiger partial charge < -0.3 is 15.4 Å². The third kappa shape index (κ3) is 3.22. The van der Waals surface area contributed by atoms with Crippen molar-refractivity contribution >= 4 is 5.69 Å². The molecular formula is C14H20F2N2O. The molecule has 0 radical (unpaired) electrons. The lowest BCUT2D eigenvalue weighted by Crippen LogP contribution is -2.31. The SMILES string of the molecule is CN(CC1CCCOC1)c1ccc(CN)c(F)c1F. The van der Waals surface area contributed by atoms with Crippen molar-refractivity contribution in [3.63, 3.8) is 0 Å². The first-order valence-electron chi connectivity index (χ1n) is 6.59. The minimum absolute atomic E-state index is 0.00319. The van der Waals surface area contributed by atoms with Crippen LogP contribution in [0.1, 0.15) is 18.4 Å². The number of rotatable bonds is 4. The average molecular weight is 270 g/mol. The Morgan fingerprint density at radius 1 is 1.37 bits per heavy atom. The van der Waals surface area contributed by atoms with Gasteiger partial charge in [0, 0.05) is 32.3 Å². The second kappa shape index (κ2) is 6.30. The monoisotopic (exact) mass is 270 g/mol. The minimum atomic E-state index is -0.841. The predicted molar refractivity (Wildman–Crippen MR) is 71.1 cm³/mol. The molecule has 1 saturated heterocycles. The summed E-state index contributed by atoms with van der Waals surface area (Å²) in [5.74, 6) is -1.29. The Morgan fingerprint density at radius 3 is 2.79 bits per heavy atom. The molecule has 1 atom stereocenters. The van der Waals surface area contributed by atoms with Gasteiger partial charge in [-0.25, -0.2) is 8.78 Å². The Labute approximate surface area is 112 Å². The molecule has 19 heavy (non-hydrogen) atoms. The van der Waals surface area contributed by atoms with Crippen molar-refractivity contribution in [1.29, 1.82) is 0 Å². The van der Waals surface area contributed by atoms with Gasteiger partial charge in [0.1, 0.15) is 0 Å². The summed E-state index contributed by atoms with van der Waals surface area (Å²) in [5.41, 5.74) is 5.84. The molecule has 0 amide bonds. The fourth-order valence-corrected chi connectivity index (χ4v) is 2.47. The van der Waals surface area contributed by atoms with Gasteiger partial charge in [0.05, 0.1) is 12.3 Å². The fraction of sp³-hybridized carbons (Fsp3) is 0.571. The second-order valence-corrected chi connectivity index (χ2v) is 5.04. The Kier molecular flexibility index (Phi) is 4.71. The summed E-state index contributed by atoms with van der Waals surface area (Å²) in [6, 6.07) is 3.13. The molecule has 0 aromatic heterocycles. The molecule has 2 N–H and O–H groups in total. The molecule has 1 aromatic rings. The van der Waals surface area contributed by atoms with E-state index in [9.17, 15) is 8.78 Å². The van der Waals surface area contributed by atoms with E-state index in [1.165, 1.54) is 0 Å². The zero-order valence-electron chi connectivity index (χ0n) is 11.2. The van der Waals surface area contributed by atoms with Gasteiger partial charge in [-0.3, -0.25) is 0 Å². The number of hydrogen-bond donors (Lipinski definition) is 1.